The van der Waals surface area contributed by atoms with Crippen molar-refractivity contribution in [3.63, 3.8) is 0 Å². The molecule has 0 fully saturated rings. The van der Waals surface area contributed by atoms with Gasteiger partial charge < -0.3 is 21.7 Å². The lowest BCUT2D eigenvalue weighted by molar-refractivity contribution is -0.159. The Morgan fingerprint density at radius 2 is 1.64 bits per heavy atom. The molecule has 6 N–H and O–H groups in total. The van der Waals surface area contributed by atoms with Crippen molar-refractivity contribution in [1.29, 1.82) is 0 Å². The lowest BCUT2D eigenvalue weighted by atomic mass is 9.96. The zero-order chi connectivity index (χ0) is 8.91. The standard InChI is InChI=1S/C6H14N2O3/c7-3-1-6(11,2-4-8)5(9)10/h11H,1-4,7-8H2,(H,9,10). The molecule has 5 heteroatoms. The van der Waals surface area contributed by atoms with Gasteiger partial charge in [-0.3, -0.25) is 0 Å². The molecule has 0 atom stereocenters. The van der Waals surface area contributed by atoms with Crippen molar-refractivity contribution in [3.05, 3.63) is 0 Å². The van der Waals surface area contributed by atoms with Crippen LogP contribution in [0.5, 0.6) is 0 Å². The quantitative estimate of drug-likeness (QED) is 0.393. The zero-order valence-electron chi connectivity index (χ0n) is 6.29. The molecule has 0 amide bonds. The first-order valence-corrected chi connectivity index (χ1v) is 3.42. The van der Waals surface area contributed by atoms with Crippen LogP contribution < -0.4 is 11.5 Å². The Hall–Kier alpha value is -0.650. The van der Waals surface area contributed by atoms with E-state index in [1.807, 2.05) is 0 Å². The van der Waals surface area contributed by atoms with E-state index < -0.39 is 11.6 Å². The van der Waals surface area contributed by atoms with Gasteiger partial charge in [-0.05, 0) is 25.9 Å². The number of carbonyl (C=O) groups is 1. The first-order valence-electron chi connectivity index (χ1n) is 3.42. The molecule has 0 heterocycles. The fraction of sp³-hybridized carbons (Fsp3) is 0.833. The van der Waals surface area contributed by atoms with E-state index in [2.05, 4.69) is 0 Å². The topological polar surface area (TPSA) is 110 Å². The van der Waals surface area contributed by atoms with E-state index in [0.29, 0.717) is 0 Å². The van der Waals surface area contributed by atoms with E-state index in [0.717, 1.165) is 0 Å². The molecule has 0 spiro atoms. The minimum absolute atomic E-state index is 0.0412. The number of nitrogens with two attached hydrogens (primary N) is 2. The van der Waals surface area contributed by atoms with E-state index in [1.165, 1.54) is 0 Å². The largest absolute Gasteiger partial charge is 0.479 e. The van der Waals surface area contributed by atoms with Crippen molar-refractivity contribution in [2.75, 3.05) is 13.1 Å². The summed E-state index contributed by atoms with van der Waals surface area (Å²) in [6.45, 7) is 0.283. The monoisotopic (exact) mass is 162 g/mol. The molecule has 0 aromatic rings. The summed E-state index contributed by atoms with van der Waals surface area (Å²) >= 11 is 0. The van der Waals surface area contributed by atoms with Crippen molar-refractivity contribution in [2.45, 2.75) is 18.4 Å². The molecule has 0 bridgehead atoms. The predicted octanol–water partition coefficient (Wildman–Crippen LogP) is -1.50. The SMILES string of the molecule is NCCC(O)(CCN)C(=O)O. The van der Waals surface area contributed by atoms with Crippen molar-refractivity contribution in [1.82, 2.24) is 0 Å². The molecule has 0 saturated carbocycles. The highest BCUT2D eigenvalue weighted by Gasteiger charge is 2.33. The Bertz CT molecular complexity index is 132. The van der Waals surface area contributed by atoms with Gasteiger partial charge in [-0.15, -0.1) is 0 Å². The van der Waals surface area contributed by atoms with Gasteiger partial charge in [-0.25, -0.2) is 4.79 Å². The minimum Gasteiger partial charge on any atom is -0.479 e. The summed E-state index contributed by atoms with van der Waals surface area (Å²) in [6.07, 6.45) is 0.0824. The molecule has 0 aliphatic carbocycles. The van der Waals surface area contributed by atoms with Gasteiger partial charge in [-0.2, -0.15) is 0 Å². The molecule has 0 aliphatic heterocycles. The Morgan fingerprint density at radius 1 is 1.27 bits per heavy atom. The molecule has 0 aromatic heterocycles. The molecule has 0 aromatic carbocycles. The van der Waals surface area contributed by atoms with Crippen LogP contribution >= 0.6 is 0 Å². The summed E-state index contributed by atoms with van der Waals surface area (Å²) in [5.41, 5.74) is 8.50. The molecule has 0 radical (unpaired) electrons. The number of hydrogen-bond donors (Lipinski definition) is 4. The maximum atomic E-state index is 10.4. The highest BCUT2D eigenvalue weighted by molar-refractivity contribution is 5.77. The summed E-state index contributed by atoms with van der Waals surface area (Å²) in [6, 6.07) is 0. The third kappa shape index (κ3) is 2.83. The molecule has 0 rings (SSSR count). The first-order chi connectivity index (χ1) is 5.06. The third-order valence-corrected chi connectivity index (χ3v) is 1.51. The number of rotatable bonds is 5. The van der Waals surface area contributed by atoms with Crippen LogP contribution in [0.4, 0.5) is 0 Å². The van der Waals surface area contributed by atoms with E-state index in [4.69, 9.17) is 16.6 Å². The third-order valence-electron chi connectivity index (χ3n) is 1.51. The van der Waals surface area contributed by atoms with Crippen LogP contribution in [-0.2, 0) is 4.79 Å². The lowest BCUT2D eigenvalue weighted by Crippen LogP contribution is -2.42. The van der Waals surface area contributed by atoms with E-state index >= 15 is 0 Å². The Balaban J connectivity index is 4.13. The second-order valence-electron chi connectivity index (χ2n) is 2.41. The van der Waals surface area contributed by atoms with Gasteiger partial charge in [0.2, 0.25) is 0 Å². The zero-order valence-corrected chi connectivity index (χ0v) is 6.29. The van der Waals surface area contributed by atoms with Crippen LogP contribution in [0.3, 0.4) is 0 Å². The molecule has 5 nitrogen and oxygen atoms in total. The van der Waals surface area contributed by atoms with Gasteiger partial charge in [0.05, 0.1) is 0 Å². The Kier molecular flexibility index (Phi) is 4.02. The minimum atomic E-state index is -1.73. The summed E-state index contributed by atoms with van der Waals surface area (Å²) in [4.78, 5) is 10.4. The molecular formula is C6H14N2O3. The lowest BCUT2D eigenvalue weighted by Gasteiger charge is -2.21. The van der Waals surface area contributed by atoms with Crippen LogP contribution in [0.15, 0.2) is 0 Å². The molecule has 66 valence electrons. The summed E-state index contributed by atoms with van der Waals surface area (Å²) in [5, 5.41) is 17.9. The van der Waals surface area contributed by atoms with Crippen molar-refractivity contribution < 1.29 is 15.0 Å². The normalized spacial score (nSPS) is 11.5. The Morgan fingerprint density at radius 3 is 1.82 bits per heavy atom. The maximum Gasteiger partial charge on any atom is 0.335 e. The summed E-state index contributed by atoms with van der Waals surface area (Å²) < 4.78 is 0. The highest BCUT2D eigenvalue weighted by Crippen LogP contribution is 2.13. The fourth-order valence-electron chi connectivity index (χ4n) is 0.816. The summed E-state index contributed by atoms with van der Waals surface area (Å²) in [7, 11) is 0. The average Bonchev–Trinajstić information content (AvgIpc) is 1.88. The molecule has 11 heavy (non-hydrogen) atoms. The second kappa shape index (κ2) is 4.27. The van der Waals surface area contributed by atoms with Crippen LogP contribution in [0.25, 0.3) is 0 Å². The number of aliphatic carboxylic acids is 1. The smallest absolute Gasteiger partial charge is 0.335 e. The number of carboxylic acid groups (broad SMARTS) is 1. The molecule has 0 saturated heterocycles. The summed E-state index contributed by atoms with van der Waals surface area (Å²) in [5.74, 6) is -1.26. The average molecular weight is 162 g/mol. The first kappa shape index (κ1) is 10.3. The van der Waals surface area contributed by atoms with Crippen LogP contribution in [0.1, 0.15) is 12.8 Å². The van der Waals surface area contributed by atoms with Gasteiger partial charge in [0.1, 0.15) is 0 Å². The van der Waals surface area contributed by atoms with E-state index in [1.54, 1.807) is 0 Å². The van der Waals surface area contributed by atoms with Gasteiger partial charge in [0, 0.05) is 0 Å². The van der Waals surface area contributed by atoms with E-state index in [9.17, 15) is 9.90 Å². The van der Waals surface area contributed by atoms with Crippen molar-refractivity contribution in [3.8, 4) is 0 Å². The Labute approximate surface area is 65.0 Å². The van der Waals surface area contributed by atoms with Crippen LogP contribution in [0, 0.1) is 0 Å². The van der Waals surface area contributed by atoms with Gasteiger partial charge in [0.25, 0.3) is 0 Å². The van der Waals surface area contributed by atoms with Gasteiger partial charge >= 0.3 is 5.97 Å². The maximum absolute atomic E-state index is 10.4. The van der Waals surface area contributed by atoms with Gasteiger partial charge in [-0.1, -0.05) is 0 Å². The highest BCUT2D eigenvalue weighted by atomic mass is 16.4. The molecular weight excluding hydrogens is 148 g/mol. The van der Waals surface area contributed by atoms with Gasteiger partial charge in [0.15, 0.2) is 5.60 Å². The number of aliphatic hydroxyl groups is 1. The van der Waals surface area contributed by atoms with Crippen molar-refractivity contribution in [2.24, 2.45) is 11.5 Å². The van der Waals surface area contributed by atoms with Crippen molar-refractivity contribution >= 4 is 5.97 Å². The van der Waals surface area contributed by atoms with Crippen LogP contribution in [0.2, 0.25) is 0 Å². The molecule has 0 unspecified atom stereocenters. The second-order valence-corrected chi connectivity index (χ2v) is 2.41. The fourth-order valence-corrected chi connectivity index (χ4v) is 0.816. The number of carboxylic acids is 1. The van der Waals surface area contributed by atoms with E-state index in [-0.39, 0.29) is 25.9 Å². The van der Waals surface area contributed by atoms with Crippen LogP contribution in [-0.4, -0.2) is 34.9 Å². The predicted molar refractivity (Wildman–Crippen MR) is 39.9 cm³/mol. The number of hydrogen-bond acceptors (Lipinski definition) is 4. The molecule has 0 aliphatic rings.